The lowest BCUT2D eigenvalue weighted by Crippen LogP contribution is -2.41. The molecule has 0 spiro atoms. The zero-order valence-electron chi connectivity index (χ0n) is 10.3. The van der Waals surface area contributed by atoms with Gasteiger partial charge in [-0.2, -0.15) is 0 Å². The first kappa shape index (κ1) is 14.5. The van der Waals surface area contributed by atoms with Gasteiger partial charge in [-0.15, -0.1) is 0 Å². The Morgan fingerprint density at radius 1 is 1.39 bits per heavy atom. The molecule has 98 valence electrons. The number of nitrogens with one attached hydrogen (secondary N) is 1. The van der Waals surface area contributed by atoms with Crippen molar-refractivity contribution in [3.63, 3.8) is 0 Å². The monoisotopic (exact) mass is 269 g/mol. The van der Waals surface area contributed by atoms with Crippen molar-refractivity contribution in [2.75, 3.05) is 0 Å². The first-order valence-corrected chi connectivity index (χ1v) is 6.05. The van der Waals surface area contributed by atoms with Crippen LogP contribution in [0.1, 0.15) is 19.4 Å². The van der Waals surface area contributed by atoms with E-state index in [1.54, 1.807) is 19.1 Å². The van der Waals surface area contributed by atoms with Crippen LogP contribution in [0.4, 0.5) is 0 Å². The Labute approximate surface area is 111 Å². The molecule has 0 saturated carbocycles. The molecule has 2 N–H and O–H groups in total. The predicted octanol–water partition coefficient (Wildman–Crippen LogP) is 2.11. The number of aliphatic carboxylic acids is 1. The quantitative estimate of drug-likeness (QED) is 0.860. The van der Waals surface area contributed by atoms with Crippen molar-refractivity contribution in [3.05, 3.63) is 34.9 Å². The van der Waals surface area contributed by atoms with E-state index in [4.69, 9.17) is 16.7 Å². The van der Waals surface area contributed by atoms with E-state index in [-0.39, 0.29) is 11.8 Å². The van der Waals surface area contributed by atoms with Gasteiger partial charge in [-0.3, -0.25) is 9.59 Å². The molecular weight excluding hydrogens is 254 g/mol. The normalized spacial score (nSPS) is 13.7. The van der Waals surface area contributed by atoms with Crippen LogP contribution in [0.25, 0.3) is 0 Å². The summed E-state index contributed by atoms with van der Waals surface area (Å²) in [5, 5.41) is 11.8. The lowest BCUT2D eigenvalue weighted by atomic mass is 10.00. The molecule has 5 heteroatoms. The van der Waals surface area contributed by atoms with Crippen molar-refractivity contribution < 1.29 is 14.7 Å². The van der Waals surface area contributed by atoms with Gasteiger partial charge in [0.05, 0.1) is 0 Å². The Kier molecular flexibility index (Phi) is 5.16. The largest absolute Gasteiger partial charge is 0.480 e. The van der Waals surface area contributed by atoms with Gasteiger partial charge in [-0.05, 0) is 31.0 Å². The fourth-order valence-corrected chi connectivity index (χ4v) is 1.74. The minimum atomic E-state index is -1.04. The summed E-state index contributed by atoms with van der Waals surface area (Å²) in [6.45, 7) is 3.19. The maximum atomic E-state index is 11.7. The maximum absolute atomic E-state index is 11.7. The molecular formula is C13H16ClNO3. The van der Waals surface area contributed by atoms with E-state index >= 15 is 0 Å². The molecule has 4 nitrogen and oxygen atoms in total. The smallest absolute Gasteiger partial charge is 0.325 e. The summed E-state index contributed by atoms with van der Waals surface area (Å²) in [6, 6.07) is 6.39. The molecule has 0 aliphatic heterocycles. The Hall–Kier alpha value is -1.55. The SMILES string of the molecule is CC(Cc1cccc(Cl)c1)C(=O)N[C@H](C)C(=O)O. The third kappa shape index (κ3) is 4.37. The number of benzene rings is 1. The van der Waals surface area contributed by atoms with E-state index in [2.05, 4.69) is 5.32 Å². The highest BCUT2D eigenvalue weighted by Crippen LogP contribution is 2.14. The Bertz CT molecular complexity index is 448. The summed E-state index contributed by atoms with van der Waals surface area (Å²) in [4.78, 5) is 22.4. The molecule has 1 rings (SSSR count). The number of rotatable bonds is 5. The third-order valence-corrected chi connectivity index (χ3v) is 2.84. The fraction of sp³-hybridized carbons (Fsp3) is 0.385. The molecule has 0 aliphatic carbocycles. The van der Waals surface area contributed by atoms with Gasteiger partial charge in [0.25, 0.3) is 0 Å². The lowest BCUT2D eigenvalue weighted by molar-refractivity contribution is -0.141. The number of hydrogen-bond donors (Lipinski definition) is 2. The molecule has 0 heterocycles. The zero-order chi connectivity index (χ0) is 13.7. The van der Waals surface area contributed by atoms with Gasteiger partial charge in [0, 0.05) is 10.9 Å². The first-order chi connectivity index (χ1) is 8.40. The van der Waals surface area contributed by atoms with Crippen molar-refractivity contribution in [3.8, 4) is 0 Å². The minimum Gasteiger partial charge on any atom is -0.480 e. The Morgan fingerprint density at radius 3 is 2.61 bits per heavy atom. The van der Waals surface area contributed by atoms with Crippen LogP contribution >= 0.6 is 11.6 Å². The second-order valence-corrected chi connectivity index (χ2v) is 4.74. The van der Waals surface area contributed by atoms with Crippen LogP contribution in [-0.4, -0.2) is 23.0 Å². The summed E-state index contributed by atoms with van der Waals surface area (Å²) in [5.74, 6) is -1.62. The van der Waals surface area contributed by atoms with Crippen LogP contribution in [0.5, 0.6) is 0 Å². The molecule has 0 aliphatic rings. The third-order valence-electron chi connectivity index (χ3n) is 2.61. The van der Waals surface area contributed by atoms with E-state index in [1.807, 2.05) is 12.1 Å². The number of halogens is 1. The van der Waals surface area contributed by atoms with Crippen molar-refractivity contribution in [1.29, 1.82) is 0 Å². The van der Waals surface area contributed by atoms with Crippen LogP contribution in [0.2, 0.25) is 5.02 Å². The highest BCUT2D eigenvalue weighted by molar-refractivity contribution is 6.30. The van der Waals surface area contributed by atoms with Gasteiger partial charge >= 0.3 is 5.97 Å². The van der Waals surface area contributed by atoms with E-state index in [0.29, 0.717) is 11.4 Å². The number of carboxylic acids is 1. The number of carbonyl (C=O) groups is 2. The molecule has 0 aromatic heterocycles. The average molecular weight is 270 g/mol. The van der Waals surface area contributed by atoms with Gasteiger partial charge in [0.15, 0.2) is 0 Å². The number of carboxylic acid groups (broad SMARTS) is 1. The van der Waals surface area contributed by atoms with Gasteiger partial charge in [-0.25, -0.2) is 0 Å². The number of carbonyl (C=O) groups excluding carboxylic acids is 1. The molecule has 18 heavy (non-hydrogen) atoms. The average Bonchev–Trinajstić information content (AvgIpc) is 2.28. The number of hydrogen-bond acceptors (Lipinski definition) is 2. The highest BCUT2D eigenvalue weighted by atomic mass is 35.5. The van der Waals surface area contributed by atoms with Crippen molar-refractivity contribution in [1.82, 2.24) is 5.32 Å². The predicted molar refractivity (Wildman–Crippen MR) is 69.6 cm³/mol. The van der Waals surface area contributed by atoms with E-state index in [1.165, 1.54) is 6.92 Å². The lowest BCUT2D eigenvalue weighted by Gasteiger charge is -2.14. The molecule has 1 aromatic carbocycles. The summed E-state index contributed by atoms with van der Waals surface area (Å²) in [7, 11) is 0. The standard InChI is InChI=1S/C13H16ClNO3/c1-8(12(16)15-9(2)13(17)18)6-10-4-3-5-11(14)7-10/h3-5,7-9H,6H2,1-2H3,(H,15,16)(H,17,18)/t8?,9-/m1/s1. The maximum Gasteiger partial charge on any atom is 0.325 e. The van der Waals surface area contributed by atoms with Crippen LogP contribution in [0.3, 0.4) is 0 Å². The Balaban J connectivity index is 2.57. The molecule has 0 saturated heterocycles. The van der Waals surface area contributed by atoms with E-state index in [9.17, 15) is 9.59 Å². The second-order valence-electron chi connectivity index (χ2n) is 4.30. The highest BCUT2D eigenvalue weighted by Gasteiger charge is 2.19. The van der Waals surface area contributed by atoms with Crippen LogP contribution in [0.15, 0.2) is 24.3 Å². The number of amides is 1. The molecule has 2 atom stereocenters. The first-order valence-electron chi connectivity index (χ1n) is 5.67. The zero-order valence-corrected chi connectivity index (χ0v) is 11.1. The molecule has 1 aromatic rings. The van der Waals surface area contributed by atoms with Gasteiger partial charge in [-0.1, -0.05) is 30.7 Å². The molecule has 1 amide bonds. The topological polar surface area (TPSA) is 66.4 Å². The molecule has 0 fully saturated rings. The molecule has 1 unspecified atom stereocenters. The summed E-state index contributed by atoms with van der Waals surface area (Å²) in [5.41, 5.74) is 0.952. The van der Waals surface area contributed by atoms with Crippen molar-refractivity contribution in [2.45, 2.75) is 26.3 Å². The summed E-state index contributed by atoms with van der Waals surface area (Å²) < 4.78 is 0. The summed E-state index contributed by atoms with van der Waals surface area (Å²) >= 11 is 5.86. The Morgan fingerprint density at radius 2 is 2.06 bits per heavy atom. The van der Waals surface area contributed by atoms with E-state index in [0.717, 1.165) is 5.56 Å². The van der Waals surface area contributed by atoms with E-state index < -0.39 is 12.0 Å². The second kappa shape index (κ2) is 6.40. The van der Waals surface area contributed by atoms with Gasteiger partial charge in [0.2, 0.25) is 5.91 Å². The molecule has 0 radical (unpaired) electrons. The van der Waals surface area contributed by atoms with Crippen LogP contribution in [-0.2, 0) is 16.0 Å². The molecule has 0 bridgehead atoms. The van der Waals surface area contributed by atoms with Gasteiger partial charge in [0.1, 0.15) is 6.04 Å². The van der Waals surface area contributed by atoms with Crippen LogP contribution < -0.4 is 5.32 Å². The van der Waals surface area contributed by atoms with Crippen molar-refractivity contribution in [2.24, 2.45) is 5.92 Å². The van der Waals surface area contributed by atoms with Crippen molar-refractivity contribution >= 4 is 23.5 Å². The summed E-state index contributed by atoms with van der Waals surface area (Å²) in [6.07, 6.45) is 0.527. The fourth-order valence-electron chi connectivity index (χ4n) is 1.53. The minimum absolute atomic E-state index is 0.273. The van der Waals surface area contributed by atoms with Gasteiger partial charge < -0.3 is 10.4 Å². The van der Waals surface area contributed by atoms with Crippen LogP contribution in [0, 0.1) is 5.92 Å².